The molecule has 5 rings (SSSR count). The van der Waals surface area contributed by atoms with Crippen LogP contribution in [0.4, 0.5) is 0 Å². The van der Waals surface area contributed by atoms with Crippen molar-refractivity contribution in [1.29, 1.82) is 0 Å². The lowest BCUT2D eigenvalue weighted by atomic mass is 9.83. The molecule has 11 nitrogen and oxygen atoms in total. The van der Waals surface area contributed by atoms with Crippen molar-refractivity contribution in [2.75, 3.05) is 20.3 Å². The van der Waals surface area contributed by atoms with Crippen LogP contribution in [0.2, 0.25) is 0 Å². The first-order valence-electron chi connectivity index (χ1n) is 11.8. The quantitative estimate of drug-likeness (QED) is 0.519. The third kappa shape index (κ3) is 4.16. The van der Waals surface area contributed by atoms with E-state index in [1.807, 2.05) is 0 Å². The van der Waals surface area contributed by atoms with E-state index in [0.29, 0.717) is 29.8 Å². The first kappa shape index (κ1) is 24.4. The summed E-state index contributed by atoms with van der Waals surface area (Å²) in [6, 6.07) is 8.56. The van der Waals surface area contributed by atoms with E-state index in [1.165, 1.54) is 18.6 Å². The monoisotopic (exact) mass is 500 g/mol. The van der Waals surface area contributed by atoms with Crippen LogP contribution in [0.3, 0.4) is 0 Å². The van der Waals surface area contributed by atoms with Crippen LogP contribution < -0.4 is 10.4 Å². The highest BCUT2D eigenvalue weighted by Gasteiger charge is 2.65. The van der Waals surface area contributed by atoms with E-state index in [-0.39, 0.29) is 18.9 Å². The highest BCUT2D eigenvalue weighted by atomic mass is 16.7. The van der Waals surface area contributed by atoms with Crippen LogP contribution in [0.15, 0.2) is 35.1 Å². The van der Waals surface area contributed by atoms with Crippen LogP contribution >= 0.6 is 0 Å². The zero-order valence-corrected chi connectivity index (χ0v) is 20.3. The number of hydrogen-bond donors (Lipinski definition) is 0. The molecule has 1 aromatic heterocycles. The molecule has 2 aromatic rings. The van der Waals surface area contributed by atoms with Gasteiger partial charge in [0.25, 0.3) is 0 Å². The summed E-state index contributed by atoms with van der Waals surface area (Å²) in [7, 11) is 1.44. The zero-order chi connectivity index (χ0) is 25.4. The molecule has 0 amide bonds. The smallest absolute Gasteiger partial charge is 0.353 e. The number of aromatic nitrogens is 2. The second-order valence-electron chi connectivity index (χ2n) is 9.05. The van der Waals surface area contributed by atoms with Gasteiger partial charge < -0.3 is 28.4 Å². The van der Waals surface area contributed by atoms with Gasteiger partial charge in [-0.2, -0.15) is 4.98 Å². The van der Waals surface area contributed by atoms with Crippen molar-refractivity contribution in [3.8, 4) is 5.88 Å². The summed E-state index contributed by atoms with van der Waals surface area (Å²) in [6.07, 6.45) is -1.91. The SMILES string of the molecule is COc1nc(=O)n2c(c1C)C[C@@]1(OC3CCCO3)[C@H](COC(=O)c3ccccc3)O[C@H]2[C@@H]1OC(C)=O. The lowest BCUT2D eigenvalue weighted by molar-refractivity contribution is -0.238. The molecule has 2 bridgehead atoms. The van der Waals surface area contributed by atoms with Gasteiger partial charge in [-0.1, -0.05) is 18.2 Å². The van der Waals surface area contributed by atoms with E-state index in [1.54, 1.807) is 37.3 Å². The number of ether oxygens (including phenoxy) is 6. The number of nitrogens with zero attached hydrogens (tertiary/aromatic N) is 2. The van der Waals surface area contributed by atoms with E-state index >= 15 is 0 Å². The Morgan fingerprint density at radius 3 is 2.69 bits per heavy atom. The highest BCUT2D eigenvalue weighted by Crippen LogP contribution is 2.49. The Morgan fingerprint density at radius 2 is 2.03 bits per heavy atom. The van der Waals surface area contributed by atoms with Crippen LogP contribution in [0.5, 0.6) is 5.88 Å². The van der Waals surface area contributed by atoms with E-state index in [9.17, 15) is 14.4 Å². The van der Waals surface area contributed by atoms with Gasteiger partial charge in [-0.15, -0.1) is 0 Å². The molecule has 36 heavy (non-hydrogen) atoms. The van der Waals surface area contributed by atoms with E-state index in [0.717, 1.165) is 6.42 Å². The van der Waals surface area contributed by atoms with Gasteiger partial charge in [-0.05, 0) is 25.5 Å². The van der Waals surface area contributed by atoms with Crippen LogP contribution in [-0.4, -0.2) is 65.9 Å². The van der Waals surface area contributed by atoms with Crippen molar-refractivity contribution >= 4 is 11.9 Å². The number of carbonyl (C=O) groups excluding carboxylic acids is 2. The average Bonchev–Trinajstić information content (AvgIpc) is 3.43. The molecule has 1 unspecified atom stereocenters. The first-order valence-corrected chi connectivity index (χ1v) is 11.8. The van der Waals surface area contributed by atoms with E-state index in [4.69, 9.17) is 28.4 Å². The Hall–Kier alpha value is -3.28. The number of esters is 2. The van der Waals surface area contributed by atoms with Gasteiger partial charge in [0, 0.05) is 37.6 Å². The fourth-order valence-electron chi connectivity index (χ4n) is 5.17. The Kier molecular flexibility index (Phi) is 6.54. The van der Waals surface area contributed by atoms with Gasteiger partial charge >= 0.3 is 17.6 Å². The lowest BCUT2D eigenvalue weighted by Crippen LogP contribution is -2.59. The maximum absolute atomic E-state index is 13.0. The van der Waals surface area contributed by atoms with Crippen molar-refractivity contribution in [3.05, 3.63) is 57.6 Å². The summed E-state index contributed by atoms with van der Waals surface area (Å²) < 4.78 is 36.6. The molecule has 3 aliphatic rings. The van der Waals surface area contributed by atoms with Gasteiger partial charge in [-0.3, -0.25) is 9.36 Å². The van der Waals surface area contributed by atoms with Crippen molar-refractivity contribution < 1.29 is 38.0 Å². The number of fused-ring (bicyclic) bond motifs is 4. The fourth-order valence-corrected chi connectivity index (χ4v) is 5.17. The molecular weight excluding hydrogens is 472 g/mol. The van der Waals surface area contributed by atoms with Crippen LogP contribution in [0.1, 0.15) is 47.6 Å². The summed E-state index contributed by atoms with van der Waals surface area (Å²) in [5, 5.41) is 0. The summed E-state index contributed by atoms with van der Waals surface area (Å²) >= 11 is 0. The molecule has 5 atom stereocenters. The molecule has 11 heteroatoms. The predicted octanol–water partition coefficient (Wildman–Crippen LogP) is 1.69. The van der Waals surface area contributed by atoms with Gasteiger partial charge in [0.1, 0.15) is 18.3 Å². The minimum atomic E-state index is -1.29. The lowest BCUT2D eigenvalue weighted by Gasteiger charge is -2.42. The molecule has 0 radical (unpaired) electrons. The minimum absolute atomic E-state index is 0.120. The minimum Gasteiger partial charge on any atom is -0.481 e. The molecular formula is C25H28N2O9. The van der Waals surface area contributed by atoms with Gasteiger partial charge in [-0.25, -0.2) is 9.59 Å². The van der Waals surface area contributed by atoms with Crippen molar-refractivity contribution in [2.24, 2.45) is 0 Å². The summed E-state index contributed by atoms with van der Waals surface area (Å²) in [6.45, 7) is 3.40. The average molecular weight is 501 g/mol. The highest BCUT2D eigenvalue weighted by molar-refractivity contribution is 5.89. The van der Waals surface area contributed by atoms with Crippen molar-refractivity contribution in [1.82, 2.24) is 9.55 Å². The maximum atomic E-state index is 13.0. The number of rotatable bonds is 7. The predicted molar refractivity (Wildman–Crippen MR) is 122 cm³/mol. The van der Waals surface area contributed by atoms with Gasteiger partial charge in [0.2, 0.25) is 5.88 Å². The maximum Gasteiger partial charge on any atom is 0.353 e. The van der Waals surface area contributed by atoms with Gasteiger partial charge in [0.05, 0.1) is 12.7 Å². The molecule has 0 N–H and O–H groups in total. The Bertz CT molecular complexity index is 1210. The number of carbonyl (C=O) groups is 2. The molecule has 3 aliphatic heterocycles. The third-order valence-electron chi connectivity index (χ3n) is 6.84. The van der Waals surface area contributed by atoms with Crippen molar-refractivity contribution in [3.63, 3.8) is 0 Å². The number of hydrogen-bond acceptors (Lipinski definition) is 10. The van der Waals surface area contributed by atoms with E-state index in [2.05, 4.69) is 4.98 Å². The second-order valence-corrected chi connectivity index (χ2v) is 9.05. The zero-order valence-electron chi connectivity index (χ0n) is 20.3. The third-order valence-corrected chi connectivity index (χ3v) is 6.84. The second kappa shape index (κ2) is 9.64. The Labute approximate surface area is 207 Å². The molecule has 2 fully saturated rings. The van der Waals surface area contributed by atoms with Crippen LogP contribution in [0, 0.1) is 6.92 Å². The Balaban J connectivity index is 1.56. The standard InChI is InChI=1S/C25H28N2O9/c1-14-17-12-25(36-19-10-7-11-32-19)18(13-33-23(29)16-8-5-4-6-9-16)35-22(20(25)34-15(2)28)27(17)24(30)26-21(14)31-3/h4-6,8-9,18-20,22H,7,10-13H2,1-3H3/t18-,19?,20-,22-,25+/m0/s1. The van der Waals surface area contributed by atoms with Crippen LogP contribution in [-0.2, 0) is 34.9 Å². The van der Waals surface area contributed by atoms with E-state index < -0.39 is 48.0 Å². The molecule has 1 aromatic carbocycles. The summed E-state index contributed by atoms with van der Waals surface area (Å²) in [5.41, 5.74) is -0.300. The largest absolute Gasteiger partial charge is 0.481 e. The van der Waals surface area contributed by atoms with Gasteiger partial charge in [0.15, 0.2) is 18.6 Å². The topological polar surface area (TPSA) is 124 Å². The number of methoxy groups -OCH3 is 1. The molecule has 192 valence electrons. The number of benzene rings is 1. The summed E-state index contributed by atoms with van der Waals surface area (Å²) in [5.74, 6) is -0.910. The molecule has 0 spiro atoms. The first-order chi connectivity index (χ1) is 17.3. The molecule has 0 saturated carbocycles. The molecule has 0 aliphatic carbocycles. The Morgan fingerprint density at radius 1 is 1.25 bits per heavy atom. The molecule has 4 heterocycles. The normalized spacial score (nSPS) is 28.4. The van der Waals surface area contributed by atoms with Crippen molar-refractivity contribution in [2.45, 2.75) is 63.4 Å². The fraction of sp³-hybridized carbons (Fsp3) is 0.520. The summed E-state index contributed by atoms with van der Waals surface area (Å²) in [4.78, 5) is 41.9. The molecule has 2 saturated heterocycles. The van der Waals surface area contributed by atoms with Crippen LogP contribution in [0.25, 0.3) is 0 Å².